The van der Waals surface area contributed by atoms with E-state index in [1.54, 1.807) is 43.6 Å². The number of ether oxygens (including phenoxy) is 1. The van der Waals surface area contributed by atoms with Crippen molar-refractivity contribution in [3.63, 3.8) is 0 Å². The third-order valence-corrected chi connectivity index (χ3v) is 5.74. The van der Waals surface area contributed by atoms with Crippen LogP contribution >= 0.6 is 0 Å². The maximum Gasteiger partial charge on any atom is 0.180 e. The van der Waals surface area contributed by atoms with Crippen LogP contribution in [-0.2, 0) is 13.0 Å². The van der Waals surface area contributed by atoms with E-state index < -0.39 is 11.6 Å². The molecule has 0 fully saturated rings. The topological polar surface area (TPSA) is 122 Å². The van der Waals surface area contributed by atoms with Crippen LogP contribution in [0.25, 0.3) is 0 Å². The van der Waals surface area contributed by atoms with Crippen LogP contribution in [0.1, 0.15) is 35.1 Å². The van der Waals surface area contributed by atoms with Crippen molar-refractivity contribution in [2.45, 2.75) is 26.8 Å². The first kappa shape index (κ1) is 26.6. The van der Waals surface area contributed by atoms with Crippen LogP contribution < -0.4 is 21.1 Å². The molecule has 2 heterocycles. The normalized spacial score (nSPS) is 10.8. The highest BCUT2D eigenvalue weighted by molar-refractivity contribution is 6.12. The molecule has 0 bridgehead atoms. The molecular formula is C28H29F2N7O. The molecule has 10 heteroatoms. The van der Waals surface area contributed by atoms with Gasteiger partial charge < -0.3 is 21.1 Å². The van der Waals surface area contributed by atoms with Gasteiger partial charge in [0, 0.05) is 64.8 Å². The van der Waals surface area contributed by atoms with Gasteiger partial charge >= 0.3 is 0 Å². The Kier molecular flexibility index (Phi) is 8.55. The smallest absolute Gasteiger partial charge is 0.180 e. The molecule has 4 rings (SSSR count). The molecule has 5 N–H and O–H groups in total. The van der Waals surface area contributed by atoms with Gasteiger partial charge in [-0.3, -0.25) is 10.4 Å². The molecular weight excluding hydrogens is 488 g/mol. The van der Waals surface area contributed by atoms with Gasteiger partial charge in [0.1, 0.15) is 28.9 Å². The molecule has 196 valence electrons. The van der Waals surface area contributed by atoms with Crippen LogP contribution in [0, 0.1) is 24.0 Å². The number of nitrogens with one attached hydrogen (secondary N) is 3. The molecule has 0 spiro atoms. The van der Waals surface area contributed by atoms with Crippen LogP contribution in [0.2, 0.25) is 0 Å². The van der Waals surface area contributed by atoms with Gasteiger partial charge in [0.2, 0.25) is 0 Å². The van der Waals surface area contributed by atoms with Crippen LogP contribution in [-0.4, -0.2) is 33.8 Å². The van der Waals surface area contributed by atoms with Gasteiger partial charge in [0.25, 0.3) is 0 Å². The highest BCUT2D eigenvalue weighted by atomic mass is 19.1. The minimum absolute atomic E-state index is 0.0500. The SMILES string of the molecule is CCOc1cc(F)c(CNc2ccccc2C(=N)c2ncc(CCN)c(Nc3ccnc(C)c3)n2)c(F)c1. The highest BCUT2D eigenvalue weighted by Gasteiger charge is 2.17. The Labute approximate surface area is 219 Å². The molecule has 2 aromatic carbocycles. The molecule has 4 aromatic rings. The fraction of sp³-hybridized carbons (Fsp3) is 0.214. The molecule has 38 heavy (non-hydrogen) atoms. The first-order chi connectivity index (χ1) is 18.4. The summed E-state index contributed by atoms with van der Waals surface area (Å²) in [5.74, 6) is -0.565. The number of benzene rings is 2. The van der Waals surface area contributed by atoms with E-state index in [1.807, 2.05) is 19.1 Å². The number of halogens is 2. The summed E-state index contributed by atoms with van der Waals surface area (Å²) >= 11 is 0. The Balaban J connectivity index is 1.60. The summed E-state index contributed by atoms with van der Waals surface area (Å²) in [5.41, 5.74) is 9.15. The summed E-state index contributed by atoms with van der Waals surface area (Å²) in [6.45, 7) is 4.23. The van der Waals surface area contributed by atoms with Crippen molar-refractivity contribution in [1.82, 2.24) is 15.0 Å². The Morgan fingerprint density at radius 2 is 1.84 bits per heavy atom. The number of anilines is 3. The Hall–Kier alpha value is -4.44. The van der Waals surface area contributed by atoms with Gasteiger partial charge in [0.15, 0.2) is 5.82 Å². The van der Waals surface area contributed by atoms with Crippen LogP contribution in [0.5, 0.6) is 5.75 Å². The van der Waals surface area contributed by atoms with E-state index in [-0.39, 0.29) is 29.4 Å². The molecule has 0 saturated heterocycles. The number of para-hydroxylation sites is 1. The van der Waals surface area contributed by atoms with E-state index in [0.29, 0.717) is 36.6 Å². The van der Waals surface area contributed by atoms with Crippen LogP contribution in [0.3, 0.4) is 0 Å². The average molecular weight is 518 g/mol. The molecule has 0 saturated carbocycles. The van der Waals surface area contributed by atoms with E-state index in [9.17, 15) is 8.78 Å². The average Bonchev–Trinajstić information content (AvgIpc) is 2.89. The molecule has 8 nitrogen and oxygen atoms in total. The third-order valence-electron chi connectivity index (χ3n) is 5.74. The summed E-state index contributed by atoms with van der Waals surface area (Å²) < 4.78 is 34.3. The van der Waals surface area contributed by atoms with Crippen molar-refractivity contribution >= 4 is 22.9 Å². The van der Waals surface area contributed by atoms with E-state index in [2.05, 4.69) is 25.6 Å². The van der Waals surface area contributed by atoms with E-state index >= 15 is 0 Å². The Morgan fingerprint density at radius 1 is 1.08 bits per heavy atom. The molecule has 2 aromatic heterocycles. The van der Waals surface area contributed by atoms with Crippen LogP contribution in [0.15, 0.2) is 60.9 Å². The lowest BCUT2D eigenvalue weighted by Crippen LogP contribution is -2.15. The Morgan fingerprint density at radius 3 is 2.55 bits per heavy atom. The first-order valence-electron chi connectivity index (χ1n) is 12.2. The minimum Gasteiger partial charge on any atom is -0.494 e. The number of hydrogen-bond donors (Lipinski definition) is 4. The number of aromatic nitrogens is 3. The largest absolute Gasteiger partial charge is 0.494 e. The van der Waals surface area contributed by atoms with E-state index in [0.717, 1.165) is 29.1 Å². The second-order valence-corrected chi connectivity index (χ2v) is 8.49. The van der Waals surface area contributed by atoms with E-state index in [1.165, 1.54) is 0 Å². The number of nitrogens with zero attached hydrogens (tertiary/aromatic N) is 3. The zero-order valence-corrected chi connectivity index (χ0v) is 21.2. The molecule has 0 amide bonds. The quantitative estimate of drug-likeness (QED) is 0.204. The highest BCUT2D eigenvalue weighted by Crippen LogP contribution is 2.25. The predicted molar refractivity (Wildman–Crippen MR) is 144 cm³/mol. The summed E-state index contributed by atoms with van der Waals surface area (Å²) in [4.78, 5) is 13.2. The minimum atomic E-state index is -0.714. The fourth-order valence-electron chi connectivity index (χ4n) is 3.89. The molecule has 0 unspecified atom stereocenters. The van der Waals surface area contributed by atoms with Crippen LogP contribution in [0.4, 0.5) is 26.0 Å². The zero-order chi connectivity index (χ0) is 27.1. The second-order valence-electron chi connectivity index (χ2n) is 8.49. The number of aryl methyl sites for hydroxylation is 1. The van der Waals surface area contributed by atoms with Gasteiger partial charge in [0.05, 0.1) is 6.61 Å². The molecule has 0 aliphatic carbocycles. The maximum atomic E-state index is 14.6. The third kappa shape index (κ3) is 6.27. The predicted octanol–water partition coefficient (Wildman–Crippen LogP) is 5.13. The summed E-state index contributed by atoms with van der Waals surface area (Å²) in [6, 6.07) is 13.0. The van der Waals surface area contributed by atoms with Gasteiger partial charge in [-0.15, -0.1) is 0 Å². The van der Waals surface area contributed by atoms with Gasteiger partial charge in [-0.25, -0.2) is 18.7 Å². The van der Waals surface area contributed by atoms with E-state index in [4.69, 9.17) is 15.9 Å². The van der Waals surface area contributed by atoms with Gasteiger partial charge in [-0.05, 0) is 45.0 Å². The number of pyridine rings is 1. The molecule has 0 aliphatic heterocycles. The molecule has 0 aliphatic rings. The maximum absolute atomic E-state index is 14.6. The molecule has 0 radical (unpaired) electrons. The number of nitrogens with two attached hydrogens (primary N) is 1. The van der Waals surface area contributed by atoms with Crippen molar-refractivity contribution in [3.05, 3.63) is 101 Å². The first-order valence-corrected chi connectivity index (χ1v) is 12.2. The van der Waals surface area contributed by atoms with Gasteiger partial charge in [-0.2, -0.15) is 0 Å². The van der Waals surface area contributed by atoms with Crippen molar-refractivity contribution in [3.8, 4) is 5.75 Å². The fourth-order valence-corrected chi connectivity index (χ4v) is 3.89. The summed E-state index contributed by atoms with van der Waals surface area (Å²) in [5, 5.41) is 15.2. The standard InChI is InChI=1S/C28H29F2N7O/c1-3-38-20-13-23(29)22(24(30)14-20)16-34-25-7-5-4-6-21(25)26(32)28-35-15-18(8-10-31)27(37-28)36-19-9-11-33-17(2)12-19/h4-7,9,11-15,32,34H,3,8,10,16,31H2,1-2H3,(H,33,35,36,37). The lowest BCUT2D eigenvalue weighted by Gasteiger charge is -2.15. The van der Waals surface area contributed by atoms with Crippen molar-refractivity contribution in [2.75, 3.05) is 23.8 Å². The summed E-state index contributed by atoms with van der Waals surface area (Å²) in [6.07, 6.45) is 3.90. The Bertz CT molecular complexity index is 1420. The van der Waals surface area contributed by atoms with Crippen molar-refractivity contribution in [2.24, 2.45) is 5.73 Å². The number of rotatable bonds is 11. The van der Waals surface area contributed by atoms with Gasteiger partial charge in [-0.1, -0.05) is 18.2 Å². The number of hydrogen-bond acceptors (Lipinski definition) is 8. The lowest BCUT2D eigenvalue weighted by molar-refractivity contribution is 0.335. The lowest BCUT2D eigenvalue weighted by atomic mass is 10.1. The van der Waals surface area contributed by atoms with Crippen molar-refractivity contribution < 1.29 is 13.5 Å². The van der Waals surface area contributed by atoms with Crippen molar-refractivity contribution in [1.29, 1.82) is 5.41 Å². The zero-order valence-electron chi connectivity index (χ0n) is 21.2. The second kappa shape index (κ2) is 12.2. The summed E-state index contributed by atoms with van der Waals surface area (Å²) in [7, 11) is 0. The molecule has 0 atom stereocenters. The monoisotopic (exact) mass is 517 g/mol.